The largest absolute Gasteiger partial charge is 0.399 e. The first-order chi connectivity index (χ1) is 10.0. The second-order valence-electron chi connectivity index (χ2n) is 6.23. The van der Waals surface area contributed by atoms with Gasteiger partial charge in [0, 0.05) is 42.1 Å². The maximum atomic E-state index is 5.98. The highest BCUT2D eigenvalue weighted by atomic mass is 15.2. The molecule has 2 heterocycles. The van der Waals surface area contributed by atoms with E-state index in [0.717, 1.165) is 28.8 Å². The van der Waals surface area contributed by atoms with Crippen molar-refractivity contribution in [1.29, 1.82) is 0 Å². The van der Waals surface area contributed by atoms with Crippen LogP contribution in [0.15, 0.2) is 24.3 Å². The predicted octanol–water partition coefficient (Wildman–Crippen LogP) is 2.66. The third-order valence-corrected chi connectivity index (χ3v) is 4.47. The van der Waals surface area contributed by atoms with Crippen molar-refractivity contribution in [2.45, 2.75) is 25.8 Å². The van der Waals surface area contributed by atoms with Crippen LogP contribution in [0.25, 0.3) is 10.9 Å². The SMILES string of the molecule is Cc1cc(N(C)C2CCCN(C)C2)c2cc(N)ccc2n1. The average Bonchev–Trinajstić information content (AvgIpc) is 2.46. The Balaban J connectivity index is 2.03. The van der Waals surface area contributed by atoms with Crippen LogP contribution in [0.2, 0.25) is 0 Å². The van der Waals surface area contributed by atoms with Crippen molar-refractivity contribution < 1.29 is 0 Å². The average molecular weight is 284 g/mol. The van der Waals surface area contributed by atoms with Gasteiger partial charge >= 0.3 is 0 Å². The van der Waals surface area contributed by atoms with E-state index < -0.39 is 0 Å². The number of likely N-dealkylation sites (N-methyl/N-ethyl adjacent to an activating group) is 2. The van der Waals surface area contributed by atoms with E-state index in [1.165, 1.54) is 25.1 Å². The lowest BCUT2D eigenvalue weighted by molar-refractivity contribution is 0.248. The summed E-state index contributed by atoms with van der Waals surface area (Å²) in [5, 5.41) is 1.15. The first kappa shape index (κ1) is 14.1. The molecule has 2 aromatic rings. The third-order valence-electron chi connectivity index (χ3n) is 4.47. The molecule has 4 nitrogen and oxygen atoms in total. The number of pyridine rings is 1. The van der Waals surface area contributed by atoms with Gasteiger partial charge in [-0.2, -0.15) is 0 Å². The highest BCUT2D eigenvalue weighted by molar-refractivity contribution is 5.94. The minimum absolute atomic E-state index is 0.551. The molecular weight excluding hydrogens is 260 g/mol. The van der Waals surface area contributed by atoms with Gasteiger partial charge in [0.15, 0.2) is 0 Å². The molecule has 4 heteroatoms. The Labute approximate surface area is 126 Å². The third kappa shape index (κ3) is 2.81. The van der Waals surface area contributed by atoms with Crippen LogP contribution in [0.3, 0.4) is 0 Å². The molecular formula is C17H24N4. The summed E-state index contributed by atoms with van der Waals surface area (Å²) in [6.07, 6.45) is 2.50. The van der Waals surface area contributed by atoms with E-state index in [1.807, 2.05) is 18.2 Å². The van der Waals surface area contributed by atoms with E-state index in [9.17, 15) is 0 Å². The van der Waals surface area contributed by atoms with Crippen LogP contribution in [0.4, 0.5) is 11.4 Å². The zero-order chi connectivity index (χ0) is 15.0. The molecule has 0 aliphatic carbocycles. The fourth-order valence-corrected chi connectivity index (χ4v) is 3.30. The number of nitrogens with zero attached hydrogens (tertiary/aromatic N) is 3. The Kier molecular flexibility index (Phi) is 3.72. The first-order valence-corrected chi connectivity index (χ1v) is 7.63. The number of nitrogens with two attached hydrogens (primary N) is 1. The van der Waals surface area contributed by atoms with Gasteiger partial charge in [-0.05, 0) is 57.6 Å². The Morgan fingerprint density at radius 1 is 1.33 bits per heavy atom. The lowest BCUT2D eigenvalue weighted by Crippen LogP contribution is -2.45. The van der Waals surface area contributed by atoms with Crippen molar-refractivity contribution in [3.8, 4) is 0 Å². The predicted molar refractivity (Wildman–Crippen MR) is 89.8 cm³/mol. The van der Waals surface area contributed by atoms with Gasteiger partial charge in [-0.15, -0.1) is 0 Å². The maximum Gasteiger partial charge on any atom is 0.0727 e. The first-order valence-electron chi connectivity index (χ1n) is 7.63. The highest BCUT2D eigenvalue weighted by Crippen LogP contribution is 2.30. The quantitative estimate of drug-likeness (QED) is 0.861. The van der Waals surface area contributed by atoms with Gasteiger partial charge in [-0.1, -0.05) is 0 Å². The van der Waals surface area contributed by atoms with Gasteiger partial charge in [-0.3, -0.25) is 4.98 Å². The molecule has 1 aliphatic heterocycles. The maximum absolute atomic E-state index is 5.98. The molecule has 1 atom stereocenters. The number of piperidine rings is 1. The zero-order valence-corrected chi connectivity index (χ0v) is 13.1. The molecule has 0 radical (unpaired) electrons. The van der Waals surface area contributed by atoms with Gasteiger partial charge in [0.25, 0.3) is 0 Å². The Bertz CT molecular complexity index is 653. The second-order valence-corrected chi connectivity index (χ2v) is 6.23. The standard InChI is InChI=1S/C17H24N4/c1-12-9-17(15-10-13(18)6-7-16(15)19-12)21(3)14-5-4-8-20(2)11-14/h6-7,9-10,14H,4-5,8,11,18H2,1-3H3. The van der Waals surface area contributed by atoms with Gasteiger partial charge in [0.05, 0.1) is 5.52 Å². The molecule has 3 rings (SSSR count). The summed E-state index contributed by atoms with van der Waals surface area (Å²) in [5.74, 6) is 0. The Hall–Kier alpha value is -1.81. The van der Waals surface area contributed by atoms with Crippen LogP contribution < -0.4 is 10.6 Å². The topological polar surface area (TPSA) is 45.4 Å². The summed E-state index contributed by atoms with van der Waals surface area (Å²) in [7, 11) is 4.40. The summed E-state index contributed by atoms with van der Waals surface area (Å²) in [6.45, 7) is 4.37. The molecule has 1 fully saturated rings. The molecule has 1 aromatic carbocycles. The van der Waals surface area contributed by atoms with E-state index in [2.05, 4.69) is 41.9 Å². The number of nitrogen functional groups attached to an aromatic ring is 1. The molecule has 0 amide bonds. The normalized spacial score (nSPS) is 19.9. The van der Waals surface area contributed by atoms with Crippen molar-refractivity contribution in [3.05, 3.63) is 30.0 Å². The van der Waals surface area contributed by atoms with Gasteiger partial charge in [0.2, 0.25) is 0 Å². The Morgan fingerprint density at radius 2 is 2.14 bits per heavy atom. The molecule has 1 aliphatic rings. The summed E-state index contributed by atoms with van der Waals surface area (Å²) in [5.41, 5.74) is 10.1. The van der Waals surface area contributed by atoms with E-state index >= 15 is 0 Å². The summed E-state index contributed by atoms with van der Waals surface area (Å²) < 4.78 is 0. The van der Waals surface area contributed by atoms with Crippen molar-refractivity contribution in [3.63, 3.8) is 0 Å². The number of hydrogen-bond acceptors (Lipinski definition) is 4. The minimum Gasteiger partial charge on any atom is -0.399 e. The number of fused-ring (bicyclic) bond motifs is 1. The lowest BCUT2D eigenvalue weighted by Gasteiger charge is -2.37. The van der Waals surface area contributed by atoms with Crippen molar-refractivity contribution in [2.75, 3.05) is 37.8 Å². The summed E-state index contributed by atoms with van der Waals surface area (Å²) >= 11 is 0. The number of aromatic nitrogens is 1. The van der Waals surface area contributed by atoms with Crippen LogP contribution in [-0.2, 0) is 0 Å². The second kappa shape index (κ2) is 5.53. The molecule has 1 saturated heterocycles. The summed E-state index contributed by atoms with van der Waals surface area (Å²) in [6, 6.07) is 8.71. The monoisotopic (exact) mass is 284 g/mol. The van der Waals surface area contributed by atoms with Crippen molar-refractivity contribution >= 4 is 22.3 Å². The van der Waals surface area contributed by atoms with Crippen molar-refractivity contribution in [2.24, 2.45) is 0 Å². The van der Waals surface area contributed by atoms with E-state index in [1.54, 1.807) is 0 Å². The van der Waals surface area contributed by atoms with Gasteiger partial charge in [-0.25, -0.2) is 0 Å². The van der Waals surface area contributed by atoms with Crippen LogP contribution in [0, 0.1) is 6.92 Å². The van der Waals surface area contributed by atoms with Crippen LogP contribution >= 0.6 is 0 Å². The van der Waals surface area contributed by atoms with Gasteiger partial charge < -0.3 is 15.5 Å². The minimum atomic E-state index is 0.551. The smallest absolute Gasteiger partial charge is 0.0727 e. The fraction of sp³-hybridized carbons (Fsp3) is 0.471. The molecule has 1 unspecified atom stereocenters. The number of rotatable bonds is 2. The number of hydrogen-bond donors (Lipinski definition) is 1. The van der Waals surface area contributed by atoms with Crippen molar-refractivity contribution in [1.82, 2.24) is 9.88 Å². The number of aryl methyl sites for hydroxylation is 1. The highest BCUT2D eigenvalue weighted by Gasteiger charge is 2.22. The molecule has 0 saturated carbocycles. The van der Waals surface area contributed by atoms with Crippen LogP contribution in [0.1, 0.15) is 18.5 Å². The lowest BCUT2D eigenvalue weighted by atomic mass is 10.0. The van der Waals surface area contributed by atoms with E-state index in [0.29, 0.717) is 6.04 Å². The molecule has 2 N–H and O–H groups in total. The van der Waals surface area contributed by atoms with Crippen LogP contribution in [0.5, 0.6) is 0 Å². The van der Waals surface area contributed by atoms with Crippen LogP contribution in [-0.4, -0.2) is 43.1 Å². The molecule has 112 valence electrons. The van der Waals surface area contributed by atoms with E-state index in [4.69, 9.17) is 5.73 Å². The number of likely N-dealkylation sites (tertiary alicyclic amines) is 1. The Morgan fingerprint density at radius 3 is 2.90 bits per heavy atom. The number of anilines is 2. The zero-order valence-electron chi connectivity index (χ0n) is 13.1. The van der Waals surface area contributed by atoms with Gasteiger partial charge in [0.1, 0.15) is 0 Å². The molecule has 21 heavy (non-hydrogen) atoms. The fourth-order valence-electron chi connectivity index (χ4n) is 3.30. The van der Waals surface area contributed by atoms with E-state index in [-0.39, 0.29) is 0 Å². The number of benzene rings is 1. The summed E-state index contributed by atoms with van der Waals surface area (Å²) in [4.78, 5) is 9.45. The molecule has 0 spiro atoms. The molecule has 1 aromatic heterocycles. The molecule has 0 bridgehead atoms.